The number of aromatic nitrogens is 4. The zero-order chi connectivity index (χ0) is 15.8. The van der Waals surface area contributed by atoms with Crippen molar-refractivity contribution in [1.82, 2.24) is 19.6 Å². The van der Waals surface area contributed by atoms with Gasteiger partial charge < -0.3 is 0 Å². The summed E-state index contributed by atoms with van der Waals surface area (Å²) in [4.78, 5) is 9.37. The lowest BCUT2D eigenvalue weighted by Crippen LogP contribution is -1.91. The molecule has 0 fully saturated rings. The number of rotatable bonds is 2. The SMILES string of the molecule is Cc1cccc(-c2nn3c(C#N)c(-c4cccnc4)nc3s2)c1. The molecule has 1 aromatic carbocycles. The fourth-order valence-electron chi connectivity index (χ4n) is 2.45. The van der Waals surface area contributed by atoms with Gasteiger partial charge in [-0.05, 0) is 25.1 Å². The molecule has 0 unspecified atom stereocenters. The van der Waals surface area contributed by atoms with Crippen LogP contribution in [0.4, 0.5) is 0 Å². The van der Waals surface area contributed by atoms with E-state index in [1.165, 1.54) is 16.9 Å². The molecule has 0 bridgehead atoms. The van der Waals surface area contributed by atoms with Gasteiger partial charge in [-0.1, -0.05) is 35.1 Å². The Balaban J connectivity index is 1.89. The Morgan fingerprint density at radius 2 is 2.04 bits per heavy atom. The van der Waals surface area contributed by atoms with Crippen molar-refractivity contribution in [3.8, 4) is 27.9 Å². The van der Waals surface area contributed by atoms with Gasteiger partial charge in [0, 0.05) is 23.5 Å². The van der Waals surface area contributed by atoms with Crippen LogP contribution in [0.1, 0.15) is 11.3 Å². The first-order valence-electron chi connectivity index (χ1n) is 7.03. The maximum absolute atomic E-state index is 9.52. The van der Waals surface area contributed by atoms with Crippen LogP contribution in [0.3, 0.4) is 0 Å². The molecule has 5 nitrogen and oxygen atoms in total. The smallest absolute Gasteiger partial charge is 0.214 e. The minimum absolute atomic E-state index is 0.433. The second kappa shape index (κ2) is 5.30. The molecule has 0 N–H and O–H groups in total. The van der Waals surface area contributed by atoms with E-state index >= 15 is 0 Å². The van der Waals surface area contributed by atoms with Gasteiger partial charge in [-0.2, -0.15) is 14.9 Å². The van der Waals surface area contributed by atoms with E-state index < -0.39 is 0 Å². The van der Waals surface area contributed by atoms with Gasteiger partial charge in [0.1, 0.15) is 16.8 Å². The molecule has 0 aliphatic carbocycles. The number of hydrogen-bond donors (Lipinski definition) is 0. The van der Waals surface area contributed by atoms with Crippen molar-refractivity contribution in [2.24, 2.45) is 0 Å². The van der Waals surface area contributed by atoms with Crippen LogP contribution in [0, 0.1) is 18.3 Å². The van der Waals surface area contributed by atoms with E-state index in [-0.39, 0.29) is 0 Å². The summed E-state index contributed by atoms with van der Waals surface area (Å²) < 4.78 is 1.62. The van der Waals surface area contributed by atoms with E-state index in [4.69, 9.17) is 0 Å². The van der Waals surface area contributed by atoms with Crippen LogP contribution in [0.5, 0.6) is 0 Å². The highest BCUT2D eigenvalue weighted by Gasteiger charge is 2.18. The number of nitriles is 1. The highest BCUT2D eigenvalue weighted by atomic mass is 32.1. The Hall–Kier alpha value is -3.04. The number of pyridine rings is 1. The van der Waals surface area contributed by atoms with Crippen LogP contribution in [0.15, 0.2) is 48.8 Å². The molecule has 4 rings (SSSR count). The summed E-state index contributed by atoms with van der Waals surface area (Å²) in [5, 5.41) is 14.9. The zero-order valence-corrected chi connectivity index (χ0v) is 13.1. The minimum atomic E-state index is 0.433. The van der Waals surface area contributed by atoms with Gasteiger partial charge in [-0.25, -0.2) is 4.98 Å². The normalized spacial score (nSPS) is 10.8. The predicted octanol–water partition coefficient (Wildman–Crippen LogP) is 3.70. The molecule has 0 aliphatic heterocycles. The molecule has 23 heavy (non-hydrogen) atoms. The summed E-state index contributed by atoms with van der Waals surface area (Å²) in [6.07, 6.45) is 3.40. The van der Waals surface area contributed by atoms with Gasteiger partial charge >= 0.3 is 0 Å². The monoisotopic (exact) mass is 317 g/mol. The summed E-state index contributed by atoms with van der Waals surface area (Å²) >= 11 is 1.47. The number of imidazole rings is 1. The molecule has 4 aromatic rings. The van der Waals surface area contributed by atoms with Gasteiger partial charge in [-0.15, -0.1) is 0 Å². The maximum atomic E-state index is 9.52. The third-order valence-electron chi connectivity index (χ3n) is 3.51. The molecular formula is C17H11N5S. The Labute approximate surface area is 136 Å². The quantitative estimate of drug-likeness (QED) is 0.565. The molecule has 0 radical (unpaired) electrons. The van der Waals surface area contributed by atoms with E-state index in [1.54, 1.807) is 16.9 Å². The Morgan fingerprint density at radius 3 is 2.78 bits per heavy atom. The average Bonchev–Trinajstić information content (AvgIpc) is 3.13. The Kier molecular flexibility index (Phi) is 3.14. The van der Waals surface area contributed by atoms with Crippen LogP contribution in [0.2, 0.25) is 0 Å². The minimum Gasteiger partial charge on any atom is -0.264 e. The van der Waals surface area contributed by atoms with Crippen molar-refractivity contribution in [1.29, 1.82) is 5.26 Å². The van der Waals surface area contributed by atoms with E-state index in [9.17, 15) is 5.26 Å². The van der Waals surface area contributed by atoms with Crippen molar-refractivity contribution < 1.29 is 0 Å². The summed E-state index contributed by atoms with van der Waals surface area (Å²) in [6, 6.07) is 14.1. The molecule has 0 saturated heterocycles. The third-order valence-corrected chi connectivity index (χ3v) is 4.47. The second-order valence-corrected chi connectivity index (χ2v) is 6.09. The topological polar surface area (TPSA) is 66.9 Å². The summed E-state index contributed by atoms with van der Waals surface area (Å²) in [6.45, 7) is 2.05. The molecule has 0 amide bonds. The van der Waals surface area contributed by atoms with Crippen LogP contribution in [-0.2, 0) is 0 Å². The van der Waals surface area contributed by atoms with Crippen molar-refractivity contribution in [2.75, 3.05) is 0 Å². The number of hydrogen-bond acceptors (Lipinski definition) is 5. The molecule has 3 heterocycles. The maximum Gasteiger partial charge on any atom is 0.214 e. The highest BCUT2D eigenvalue weighted by Crippen LogP contribution is 2.30. The van der Waals surface area contributed by atoms with Crippen molar-refractivity contribution in [3.63, 3.8) is 0 Å². The Morgan fingerprint density at radius 1 is 1.17 bits per heavy atom. The molecule has 0 atom stereocenters. The first-order chi connectivity index (χ1) is 11.3. The molecule has 0 saturated carbocycles. The number of nitrogens with zero attached hydrogens (tertiary/aromatic N) is 5. The van der Waals surface area contributed by atoms with E-state index in [0.29, 0.717) is 16.3 Å². The first-order valence-corrected chi connectivity index (χ1v) is 7.85. The van der Waals surface area contributed by atoms with Gasteiger partial charge in [0.05, 0.1) is 0 Å². The van der Waals surface area contributed by atoms with Crippen LogP contribution < -0.4 is 0 Å². The number of fused-ring (bicyclic) bond motifs is 1. The summed E-state index contributed by atoms with van der Waals surface area (Å²) in [7, 11) is 0. The molecule has 3 aromatic heterocycles. The van der Waals surface area contributed by atoms with Crippen molar-refractivity contribution in [3.05, 3.63) is 60.0 Å². The highest BCUT2D eigenvalue weighted by molar-refractivity contribution is 7.19. The van der Waals surface area contributed by atoms with Gasteiger partial charge in [0.25, 0.3) is 0 Å². The lowest BCUT2D eigenvalue weighted by Gasteiger charge is -1.98. The average molecular weight is 317 g/mol. The molecule has 110 valence electrons. The molecule has 0 spiro atoms. The number of aryl methyl sites for hydroxylation is 1. The van der Waals surface area contributed by atoms with Gasteiger partial charge in [0.15, 0.2) is 5.69 Å². The van der Waals surface area contributed by atoms with Crippen molar-refractivity contribution >= 4 is 16.3 Å². The lowest BCUT2D eigenvalue weighted by molar-refractivity contribution is 0.960. The molecule has 0 aliphatic rings. The predicted molar refractivity (Wildman–Crippen MR) is 89.0 cm³/mol. The van der Waals surface area contributed by atoms with E-state index in [0.717, 1.165) is 16.1 Å². The number of benzene rings is 1. The van der Waals surface area contributed by atoms with Crippen LogP contribution >= 0.6 is 11.3 Å². The largest absolute Gasteiger partial charge is 0.264 e. The van der Waals surface area contributed by atoms with Gasteiger partial charge in [0.2, 0.25) is 4.96 Å². The van der Waals surface area contributed by atoms with Crippen LogP contribution in [-0.4, -0.2) is 19.6 Å². The van der Waals surface area contributed by atoms with E-state index in [2.05, 4.69) is 27.2 Å². The van der Waals surface area contributed by atoms with Crippen molar-refractivity contribution in [2.45, 2.75) is 6.92 Å². The lowest BCUT2D eigenvalue weighted by atomic mass is 10.1. The fraction of sp³-hybridized carbons (Fsp3) is 0.0588. The second-order valence-electron chi connectivity index (χ2n) is 5.13. The first kappa shape index (κ1) is 13.6. The molecular weight excluding hydrogens is 306 g/mol. The fourth-order valence-corrected chi connectivity index (χ4v) is 3.34. The van der Waals surface area contributed by atoms with E-state index in [1.807, 2.05) is 37.3 Å². The zero-order valence-electron chi connectivity index (χ0n) is 12.3. The third kappa shape index (κ3) is 2.28. The summed E-state index contributed by atoms with van der Waals surface area (Å²) in [5.74, 6) is 0. The summed E-state index contributed by atoms with van der Waals surface area (Å²) in [5.41, 5.74) is 4.08. The van der Waals surface area contributed by atoms with Crippen LogP contribution in [0.25, 0.3) is 26.8 Å². The Bertz CT molecular complexity index is 1040. The van der Waals surface area contributed by atoms with Gasteiger partial charge in [-0.3, -0.25) is 4.98 Å². The molecule has 6 heteroatoms. The standard InChI is InChI=1S/C17H11N5S/c1-11-4-2-5-12(8-11)16-21-22-14(9-18)15(20-17(22)23-16)13-6-3-7-19-10-13/h2-8,10H,1H3.